The second-order valence-corrected chi connectivity index (χ2v) is 3.84. The highest BCUT2D eigenvalue weighted by atomic mass is 32.1. The standard InChI is InChI=1S/C10H10O2S/c1-2-6-5-13-10-8(6)3-7(11)4-9(10)12/h3-5,11-12H,2H2,1H3. The molecule has 0 aliphatic carbocycles. The Balaban J connectivity index is 2.82. The second-order valence-electron chi connectivity index (χ2n) is 2.96. The number of phenolic OH excluding ortho intramolecular Hbond substituents is 2. The van der Waals surface area contributed by atoms with E-state index in [0.29, 0.717) is 0 Å². The van der Waals surface area contributed by atoms with Crippen molar-refractivity contribution in [1.82, 2.24) is 0 Å². The van der Waals surface area contributed by atoms with Crippen molar-refractivity contribution in [3.63, 3.8) is 0 Å². The zero-order valence-electron chi connectivity index (χ0n) is 7.24. The van der Waals surface area contributed by atoms with E-state index in [-0.39, 0.29) is 11.5 Å². The number of benzene rings is 1. The molecule has 1 heterocycles. The first kappa shape index (κ1) is 8.38. The minimum atomic E-state index is 0.123. The van der Waals surface area contributed by atoms with E-state index in [9.17, 15) is 10.2 Å². The van der Waals surface area contributed by atoms with Crippen molar-refractivity contribution in [3.8, 4) is 11.5 Å². The van der Waals surface area contributed by atoms with E-state index in [2.05, 4.69) is 6.92 Å². The van der Waals surface area contributed by atoms with Crippen LogP contribution >= 0.6 is 11.3 Å². The summed E-state index contributed by atoms with van der Waals surface area (Å²) in [4.78, 5) is 0. The van der Waals surface area contributed by atoms with Crippen LogP contribution in [0, 0.1) is 0 Å². The van der Waals surface area contributed by atoms with Crippen molar-refractivity contribution in [2.75, 3.05) is 0 Å². The smallest absolute Gasteiger partial charge is 0.137 e. The van der Waals surface area contributed by atoms with Gasteiger partial charge in [0.2, 0.25) is 0 Å². The van der Waals surface area contributed by atoms with Crippen molar-refractivity contribution in [1.29, 1.82) is 0 Å². The Morgan fingerprint density at radius 3 is 2.77 bits per heavy atom. The first-order valence-corrected chi connectivity index (χ1v) is 5.02. The largest absolute Gasteiger partial charge is 0.508 e. The fraction of sp³-hybridized carbons (Fsp3) is 0.200. The Morgan fingerprint density at radius 2 is 2.08 bits per heavy atom. The first-order chi connectivity index (χ1) is 6.22. The summed E-state index contributed by atoms with van der Waals surface area (Å²) >= 11 is 1.51. The summed E-state index contributed by atoms with van der Waals surface area (Å²) in [6, 6.07) is 3.07. The van der Waals surface area contributed by atoms with Crippen LogP contribution in [0.4, 0.5) is 0 Å². The van der Waals surface area contributed by atoms with Crippen LogP contribution < -0.4 is 0 Å². The summed E-state index contributed by atoms with van der Waals surface area (Å²) in [6.45, 7) is 2.06. The molecule has 0 unspecified atom stereocenters. The lowest BCUT2D eigenvalue weighted by atomic mass is 10.1. The quantitative estimate of drug-likeness (QED) is 0.732. The lowest BCUT2D eigenvalue weighted by Crippen LogP contribution is -1.75. The molecule has 13 heavy (non-hydrogen) atoms. The molecule has 1 aromatic carbocycles. The molecule has 2 N–H and O–H groups in total. The normalized spacial score (nSPS) is 10.8. The molecule has 1 aromatic heterocycles. The Labute approximate surface area is 80.1 Å². The van der Waals surface area contributed by atoms with Crippen LogP contribution in [-0.2, 0) is 6.42 Å². The van der Waals surface area contributed by atoms with Gasteiger partial charge in [0.15, 0.2) is 0 Å². The summed E-state index contributed by atoms with van der Waals surface area (Å²) in [6.07, 6.45) is 0.920. The minimum absolute atomic E-state index is 0.123. The molecule has 0 spiro atoms. The Hall–Kier alpha value is -1.22. The summed E-state index contributed by atoms with van der Waals surface area (Å²) in [5, 5.41) is 21.8. The lowest BCUT2D eigenvalue weighted by Gasteiger charge is -1.98. The lowest BCUT2D eigenvalue weighted by molar-refractivity contribution is 0.455. The van der Waals surface area contributed by atoms with Crippen LogP contribution in [-0.4, -0.2) is 10.2 Å². The number of fused-ring (bicyclic) bond motifs is 1. The van der Waals surface area contributed by atoms with Gasteiger partial charge in [0, 0.05) is 11.5 Å². The molecule has 2 aromatic rings. The van der Waals surface area contributed by atoms with Crippen molar-refractivity contribution >= 4 is 21.4 Å². The highest BCUT2D eigenvalue weighted by molar-refractivity contribution is 7.17. The average molecular weight is 194 g/mol. The van der Waals surface area contributed by atoms with Crippen LogP contribution in [0.2, 0.25) is 0 Å². The SMILES string of the molecule is CCc1csc2c(O)cc(O)cc12. The molecule has 0 bridgehead atoms. The van der Waals surface area contributed by atoms with Gasteiger partial charge < -0.3 is 10.2 Å². The van der Waals surface area contributed by atoms with Gasteiger partial charge in [-0.3, -0.25) is 0 Å². The van der Waals surface area contributed by atoms with Crippen LogP contribution in [0.25, 0.3) is 10.1 Å². The fourth-order valence-electron chi connectivity index (χ4n) is 1.43. The minimum Gasteiger partial charge on any atom is -0.508 e. The fourth-order valence-corrected chi connectivity index (χ4v) is 2.48. The molecule has 0 aliphatic heterocycles. The van der Waals surface area contributed by atoms with E-state index in [1.165, 1.54) is 23.0 Å². The molecule has 3 heteroatoms. The maximum Gasteiger partial charge on any atom is 0.137 e. The van der Waals surface area contributed by atoms with E-state index < -0.39 is 0 Å². The topological polar surface area (TPSA) is 40.5 Å². The van der Waals surface area contributed by atoms with Crippen molar-refractivity contribution < 1.29 is 10.2 Å². The maximum absolute atomic E-state index is 9.51. The van der Waals surface area contributed by atoms with Gasteiger partial charge >= 0.3 is 0 Å². The van der Waals surface area contributed by atoms with Crippen LogP contribution in [0.15, 0.2) is 17.5 Å². The van der Waals surface area contributed by atoms with Crippen LogP contribution in [0.3, 0.4) is 0 Å². The highest BCUT2D eigenvalue weighted by Crippen LogP contribution is 2.36. The number of hydrogen-bond donors (Lipinski definition) is 2. The van der Waals surface area contributed by atoms with Crippen LogP contribution in [0.1, 0.15) is 12.5 Å². The van der Waals surface area contributed by atoms with Gasteiger partial charge in [-0.1, -0.05) is 6.92 Å². The maximum atomic E-state index is 9.51. The van der Waals surface area contributed by atoms with Gasteiger partial charge in [-0.15, -0.1) is 11.3 Å². The van der Waals surface area contributed by atoms with Gasteiger partial charge in [-0.25, -0.2) is 0 Å². The second kappa shape index (κ2) is 2.92. The summed E-state index contributed by atoms with van der Waals surface area (Å²) in [7, 11) is 0. The molecule has 0 saturated carbocycles. The van der Waals surface area contributed by atoms with Gasteiger partial charge in [0.05, 0.1) is 4.70 Å². The molecule has 68 valence electrons. The predicted molar refractivity (Wildman–Crippen MR) is 54.5 cm³/mol. The molecule has 0 aliphatic rings. The number of aryl methyl sites for hydroxylation is 1. The molecule has 0 fully saturated rings. The zero-order chi connectivity index (χ0) is 9.42. The Bertz CT molecular complexity index is 445. The third kappa shape index (κ3) is 1.25. The van der Waals surface area contributed by atoms with Crippen LogP contribution in [0.5, 0.6) is 11.5 Å². The number of rotatable bonds is 1. The Kier molecular flexibility index (Phi) is 1.88. The molecular weight excluding hydrogens is 184 g/mol. The monoisotopic (exact) mass is 194 g/mol. The molecule has 0 saturated heterocycles. The summed E-state index contributed by atoms with van der Waals surface area (Å²) in [5.74, 6) is 0.290. The molecule has 0 atom stereocenters. The first-order valence-electron chi connectivity index (χ1n) is 4.14. The van der Waals surface area contributed by atoms with Gasteiger partial charge in [0.1, 0.15) is 11.5 Å². The molecule has 0 radical (unpaired) electrons. The zero-order valence-corrected chi connectivity index (χ0v) is 8.06. The molecule has 0 amide bonds. The van der Waals surface area contributed by atoms with Crippen molar-refractivity contribution in [2.45, 2.75) is 13.3 Å². The third-order valence-electron chi connectivity index (χ3n) is 2.10. The van der Waals surface area contributed by atoms with E-state index in [0.717, 1.165) is 16.5 Å². The predicted octanol–water partition coefficient (Wildman–Crippen LogP) is 2.87. The summed E-state index contributed by atoms with van der Waals surface area (Å²) in [5.41, 5.74) is 1.17. The average Bonchev–Trinajstić information content (AvgIpc) is 2.47. The van der Waals surface area contributed by atoms with Gasteiger partial charge in [-0.2, -0.15) is 0 Å². The number of thiophene rings is 1. The number of hydrogen-bond acceptors (Lipinski definition) is 3. The van der Waals surface area contributed by atoms with E-state index >= 15 is 0 Å². The van der Waals surface area contributed by atoms with E-state index in [4.69, 9.17) is 0 Å². The highest BCUT2D eigenvalue weighted by Gasteiger charge is 2.07. The van der Waals surface area contributed by atoms with Gasteiger partial charge in [-0.05, 0) is 23.4 Å². The number of phenols is 2. The molecule has 2 nitrogen and oxygen atoms in total. The van der Waals surface area contributed by atoms with E-state index in [1.807, 2.05) is 5.38 Å². The molecular formula is C10H10O2S. The molecule has 2 rings (SSSR count). The van der Waals surface area contributed by atoms with Crippen molar-refractivity contribution in [2.24, 2.45) is 0 Å². The summed E-state index contributed by atoms with van der Waals surface area (Å²) < 4.78 is 0.856. The third-order valence-corrected chi connectivity index (χ3v) is 3.17. The van der Waals surface area contributed by atoms with E-state index in [1.54, 1.807) is 6.07 Å². The Morgan fingerprint density at radius 1 is 1.31 bits per heavy atom. The van der Waals surface area contributed by atoms with Gasteiger partial charge in [0.25, 0.3) is 0 Å². The van der Waals surface area contributed by atoms with Crippen molar-refractivity contribution in [3.05, 3.63) is 23.1 Å². The number of aromatic hydroxyl groups is 2.